The molecule has 0 fully saturated rings. The molecular weight excluding hydrogens is 327 g/mol. The molecule has 0 heterocycles. The zero-order valence-corrected chi connectivity index (χ0v) is 18.0. The van der Waals surface area contributed by atoms with Gasteiger partial charge in [-0.3, -0.25) is 4.79 Å². The molecule has 0 aromatic heterocycles. The summed E-state index contributed by atoms with van der Waals surface area (Å²) in [6.45, 7) is 12.5. The summed E-state index contributed by atoms with van der Waals surface area (Å²) in [6.07, 6.45) is 7.42. The molecule has 0 aliphatic heterocycles. The van der Waals surface area contributed by atoms with Crippen LogP contribution in [-0.4, -0.2) is 17.8 Å². The van der Waals surface area contributed by atoms with E-state index in [0.717, 1.165) is 60.8 Å². The smallest absolute Gasteiger partial charge is 0.221 e. The maximum atomic E-state index is 13.8. The number of unbranched alkanes of at least 4 members (excludes halogenated alkanes) is 2. The standard InChI is InChI=1S/C22H37O2P/c1-7-10-12-20(9-3)16-25(24,13-11-8-2)22(23)21-18(5)14-17(4)15-19(21)6/h14-15,20H,7-13,16H2,1-6H3. The fourth-order valence-electron chi connectivity index (χ4n) is 3.74. The summed E-state index contributed by atoms with van der Waals surface area (Å²) in [5, 5.41) is 0. The van der Waals surface area contributed by atoms with Crippen LogP contribution in [0.3, 0.4) is 0 Å². The highest BCUT2D eigenvalue weighted by molar-refractivity contribution is 7.81. The van der Waals surface area contributed by atoms with Crippen molar-refractivity contribution in [3.8, 4) is 0 Å². The molecule has 0 radical (unpaired) electrons. The van der Waals surface area contributed by atoms with E-state index in [0.29, 0.717) is 18.2 Å². The molecule has 0 bridgehead atoms. The first-order chi connectivity index (χ1) is 11.8. The van der Waals surface area contributed by atoms with Crippen LogP contribution in [0.25, 0.3) is 0 Å². The van der Waals surface area contributed by atoms with Crippen molar-refractivity contribution < 1.29 is 9.36 Å². The lowest BCUT2D eigenvalue weighted by Crippen LogP contribution is -2.16. The Kier molecular flexibility index (Phi) is 9.14. The summed E-state index contributed by atoms with van der Waals surface area (Å²) in [6, 6.07) is 4.08. The quantitative estimate of drug-likeness (QED) is 0.391. The van der Waals surface area contributed by atoms with Crippen molar-refractivity contribution in [1.29, 1.82) is 0 Å². The van der Waals surface area contributed by atoms with Crippen molar-refractivity contribution in [3.05, 3.63) is 34.4 Å². The molecule has 1 rings (SSSR count). The number of carbonyl (C=O) groups excluding carboxylic acids is 1. The Hall–Kier alpha value is -0.880. The van der Waals surface area contributed by atoms with Gasteiger partial charge in [-0.25, -0.2) is 0 Å². The van der Waals surface area contributed by atoms with Gasteiger partial charge in [0.1, 0.15) is 0 Å². The van der Waals surface area contributed by atoms with Gasteiger partial charge in [0.25, 0.3) is 0 Å². The van der Waals surface area contributed by atoms with Gasteiger partial charge in [-0.2, -0.15) is 0 Å². The molecule has 25 heavy (non-hydrogen) atoms. The molecule has 0 saturated carbocycles. The van der Waals surface area contributed by atoms with E-state index in [-0.39, 0.29) is 5.52 Å². The molecule has 0 aliphatic rings. The van der Waals surface area contributed by atoms with Crippen LogP contribution in [0.2, 0.25) is 0 Å². The Morgan fingerprint density at radius 1 is 1.00 bits per heavy atom. The van der Waals surface area contributed by atoms with E-state index in [4.69, 9.17) is 0 Å². The van der Waals surface area contributed by atoms with Gasteiger partial charge in [-0.15, -0.1) is 0 Å². The SMILES string of the molecule is CCCCC(CC)CP(=O)(CCCC)C(=O)c1c(C)cc(C)cc1C. The zero-order valence-electron chi connectivity index (χ0n) is 17.2. The maximum absolute atomic E-state index is 13.8. The minimum atomic E-state index is -2.87. The Labute approximate surface area is 155 Å². The lowest BCUT2D eigenvalue weighted by atomic mass is 10.0. The van der Waals surface area contributed by atoms with Crippen LogP contribution in [0.15, 0.2) is 12.1 Å². The second-order valence-corrected chi connectivity index (χ2v) is 10.6. The zero-order chi connectivity index (χ0) is 19.0. The van der Waals surface area contributed by atoms with Crippen LogP contribution in [0, 0.1) is 26.7 Å². The second kappa shape index (κ2) is 10.3. The van der Waals surface area contributed by atoms with Gasteiger partial charge < -0.3 is 4.57 Å². The summed E-state index contributed by atoms with van der Waals surface area (Å²) < 4.78 is 13.8. The van der Waals surface area contributed by atoms with Gasteiger partial charge in [0.15, 0.2) is 7.14 Å². The largest absolute Gasteiger partial charge is 0.315 e. The van der Waals surface area contributed by atoms with E-state index in [1.807, 2.05) is 32.9 Å². The van der Waals surface area contributed by atoms with Crippen LogP contribution in [-0.2, 0) is 4.57 Å². The Bertz CT molecular complexity index is 595. The maximum Gasteiger partial charge on any atom is 0.221 e. The molecule has 2 nitrogen and oxygen atoms in total. The van der Waals surface area contributed by atoms with Gasteiger partial charge in [-0.05, 0) is 44.2 Å². The molecule has 0 N–H and O–H groups in total. The molecule has 1 aromatic rings. The van der Waals surface area contributed by atoms with Crippen molar-refractivity contribution in [2.45, 2.75) is 80.1 Å². The van der Waals surface area contributed by atoms with Crippen LogP contribution in [0.1, 0.15) is 86.3 Å². The van der Waals surface area contributed by atoms with Crippen molar-refractivity contribution in [2.24, 2.45) is 5.92 Å². The molecule has 0 saturated heterocycles. The van der Waals surface area contributed by atoms with Gasteiger partial charge >= 0.3 is 0 Å². The van der Waals surface area contributed by atoms with Gasteiger partial charge in [-0.1, -0.05) is 70.6 Å². The van der Waals surface area contributed by atoms with E-state index in [9.17, 15) is 9.36 Å². The topological polar surface area (TPSA) is 34.1 Å². The minimum absolute atomic E-state index is 0.0640. The summed E-state index contributed by atoms with van der Waals surface area (Å²) in [4.78, 5) is 13.4. The molecule has 142 valence electrons. The fraction of sp³-hybridized carbons (Fsp3) is 0.682. The Morgan fingerprint density at radius 2 is 1.56 bits per heavy atom. The van der Waals surface area contributed by atoms with E-state index < -0.39 is 7.14 Å². The number of aryl methyl sites for hydroxylation is 3. The summed E-state index contributed by atoms with van der Waals surface area (Å²) >= 11 is 0. The molecule has 1 aromatic carbocycles. The van der Waals surface area contributed by atoms with Crippen LogP contribution >= 0.6 is 7.14 Å². The van der Waals surface area contributed by atoms with Gasteiger partial charge in [0.05, 0.1) is 0 Å². The normalized spacial score (nSPS) is 15.0. The third-order valence-electron chi connectivity index (χ3n) is 5.23. The average molecular weight is 365 g/mol. The number of hydrogen-bond donors (Lipinski definition) is 0. The predicted octanol–water partition coefficient (Wildman–Crippen LogP) is 7.13. The molecule has 0 amide bonds. The van der Waals surface area contributed by atoms with Crippen molar-refractivity contribution >= 4 is 12.7 Å². The molecule has 3 heteroatoms. The molecule has 2 atom stereocenters. The number of hydrogen-bond acceptors (Lipinski definition) is 2. The van der Waals surface area contributed by atoms with Crippen LogP contribution in [0.4, 0.5) is 0 Å². The Balaban J connectivity index is 3.20. The van der Waals surface area contributed by atoms with E-state index in [2.05, 4.69) is 20.8 Å². The highest BCUT2D eigenvalue weighted by Crippen LogP contribution is 2.53. The van der Waals surface area contributed by atoms with Gasteiger partial charge in [0, 0.05) is 17.9 Å². The van der Waals surface area contributed by atoms with E-state index in [1.54, 1.807) is 0 Å². The van der Waals surface area contributed by atoms with Crippen LogP contribution in [0.5, 0.6) is 0 Å². The first kappa shape index (κ1) is 22.2. The van der Waals surface area contributed by atoms with Crippen molar-refractivity contribution in [2.75, 3.05) is 12.3 Å². The number of carbonyl (C=O) groups is 1. The lowest BCUT2D eigenvalue weighted by molar-refractivity contribution is 0.107. The first-order valence-corrected chi connectivity index (χ1v) is 12.1. The predicted molar refractivity (Wildman–Crippen MR) is 111 cm³/mol. The third kappa shape index (κ3) is 6.10. The third-order valence-corrected chi connectivity index (χ3v) is 8.34. The van der Waals surface area contributed by atoms with Crippen molar-refractivity contribution in [3.63, 3.8) is 0 Å². The number of rotatable bonds is 11. The average Bonchev–Trinajstić information content (AvgIpc) is 2.55. The highest BCUT2D eigenvalue weighted by atomic mass is 31.2. The minimum Gasteiger partial charge on any atom is -0.315 e. The Morgan fingerprint density at radius 3 is 2.04 bits per heavy atom. The summed E-state index contributed by atoms with van der Waals surface area (Å²) in [5.41, 5.74) is 3.76. The summed E-state index contributed by atoms with van der Waals surface area (Å²) in [5.74, 6) is 0.401. The lowest BCUT2D eigenvalue weighted by Gasteiger charge is -2.24. The molecule has 0 spiro atoms. The van der Waals surface area contributed by atoms with Crippen molar-refractivity contribution in [1.82, 2.24) is 0 Å². The monoisotopic (exact) mass is 364 g/mol. The van der Waals surface area contributed by atoms with E-state index in [1.165, 1.54) is 0 Å². The molecule has 0 aliphatic carbocycles. The highest BCUT2D eigenvalue weighted by Gasteiger charge is 2.35. The number of benzene rings is 1. The molecular formula is C22H37O2P. The van der Waals surface area contributed by atoms with Crippen LogP contribution < -0.4 is 0 Å². The van der Waals surface area contributed by atoms with E-state index >= 15 is 0 Å². The molecule has 2 unspecified atom stereocenters. The fourth-order valence-corrected chi connectivity index (χ4v) is 7.16. The van der Waals surface area contributed by atoms with Gasteiger partial charge in [0.2, 0.25) is 5.52 Å². The second-order valence-electron chi connectivity index (χ2n) is 7.64. The summed E-state index contributed by atoms with van der Waals surface area (Å²) in [7, 11) is -2.87. The first-order valence-electron chi connectivity index (χ1n) is 9.99.